The molecule has 0 aliphatic rings. The summed E-state index contributed by atoms with van der Waals surface area (Å²) >= 11 is 5.78. The number of rotatable bonds is 2. The first kappa shape index (κ1) is 10.6. The average molecular weight is 198 g/mol. The molecule has 4 heteroatoms. The highest BCUT2D eigenvalue weighted by Crippen LogP contribution is 2.15. The fourth-order valence-electron chi connectivity index (χ4n) is 1.12. The second-order valence-corrected chi connectivity index (χ2v) is 3.72. The van der Waals surface area contributed by atoms with Crippen LogP contribution in [0, 0.1) is 0 Å². The standard InChI is InChI=1S/C9H12BClO2/c1-6(2)7-3-4-9(11)8(5-7)10(12)13/h3-6,12-13H,1-2H3. The van der Waals surface area contributed by atoms with E-state index in [0.29, 0.717) is 16.4 Å². The minimum absolute atomic E-state index is 0.356. The third kappa shape index (κ3) is 2.47. The van der Waals surface area contributed by atoms with Gasteiger partial charge in [-0.3, -0.25) is 0 Å². The van der Waals surface area contributed by atoms with E-state index >= 15 is 0 Å². The van der Waals surface area contributed by atoms with Gasteiger partial charge in [-0.2, -0.15) is 0 Å². The van der Waals surface area contributed by atoms with Crippen molar-refractivity contribution in [3.63, 3.8) is 0 Å². The fraction of sp³-hybridized carbons (Fsp3) is 0.333. The van der Waals surface area contributed by atoms with Gasteiger partial charge in [0, 0.05) is 10.5 Å². The second-order valence-electron chi connectivity index (χ2n) is 3.31. The van der Waals surface area contributed by atoms with E-state index in [1.807, 2.05) is 19.9 Å². The van der Waals surface area contributed by atoms with Crippen molar-refractivity contribution in [2.24, 2.45) is 0 Å². The van der Waals surface area contributed by atoms with Gasteiger partial charge in [-0.15, -0.1) is 0 Å². The molecular weight excluding hydrogens is 186 g/mol. The Hall–Kier alpha value is -0.505. The maximum Gasteiger partial charge on any atom is 0.489 e. The van der Waals surface area contributed by atoms with Gasteiger partial charge >= 0.3 is 7.12 Å². The van der Waals surface area contributed by atoms with Crippen LogP contribution in [-0.4, -0.2) is 17.2 Å². The van der Waals surface area contributed by atoms with E-state index in [1.54, 1.807) is 12.1 Å². The van der Waals surface area contributed by atoms with Crippen molar-refractivity contribution in [2.75, 3.05) is 0 Å². The zero-order chi connectivity index (χ0) is 10.0. The normalized spacial score (nSPS) is 10.6. The van der Waals surface area contributed by atoms with Gasteiger partial charge in [0.2, 0.25) is 0 Å². The molecule has 0 saturated heterocycles. The van der Waals surface area contributed by atoms with Gasteiger partial charge in [0.25, 0.3) is 0 Å². The molecule has 0 amide bonds. The van der Waals surface area contributed by atoms with Crippen LogP contribution in [0.4, 0.5) is 0 Å². The zero-order valence-corrected chi connectivity index (χ0v) is 8.42. The lowest BCUT2D eigenvalue weighted by molar-refractivity contribution is 0.426. The van der Waals surface area contributed by atoms with E-state index < -0.39 is 7.12 Å². The number of hydrogen-bond acceptors (Lipinski definition) is 2. The Labute approximate surface area is 83.3 Å². The molecule has 0 bridgehead atoms. The van der Waals surface area contributed by atoms with E-state index in [-0.39, 0.29) is 0 Å². The van der Waals surface area contributed by atoms with E-state index in [4.69, 9.17) is 21.6 Å². The molecule has 70 valence electrons. The van der Waals surface area contributed by atoms with Crippen LogP contribution in [0.3, 0.4) is 0 Å². The molecule has 1 aromatic rings. The van der Waals surface area contributed by atoms with Gasteiger partial charge in [-0.25, -0.2) is 0 Å². The van der Waals surface area contributed by atoms with Crippen LogP contribution in [-0.2, 0) is 0 Å². The van der Waals surface area contributed by atoms with Crippen molar-refractivity contribution in [2.45, 2.75) is 19.8 Å². The van der Waals surface area contributed by atoms with Crippen molar-refractivity contribution < 1.29 is 10.0 Å². The summed E-state index contributed by atoms with van der Waals surface area (Å²) in [6, 6.07) is 5.29. The van der Waals surface area contributed by atoms with Crippen LogP contribution in [0.5, 0.6) is 0 Å². The van der Waals surface area contributed by atoms with Crippen LogP contribution in [0.2, 0.25) is 5.02 Å². The van der Waals surface area contributed by atoms with Crippen molar-refractivity contribution >= 4 is 24.2 Å². The molecule has 0 saturated carbocycles. The minimum atomic E-state index is -1.49. The second kappa shape index (κ2) is 4.14. The van der Waals surface area contributed by atoms with Crippen LogP contribution in [0.25, 0.3) is 0 Å². The monoisotopic (exact) mass is 198 g/mol. The number of halogens is 1. The van der Waals surface area contributed by atoms with Gasteiger partial charge in [0.05, 0.1) is 0 Å². The highest BCUT2D eigenvalue weighted by atomic mass is 35.5. The molecule has 2 N–H and O–H groups in total. The molecule has 1 rings (SSSR count). The van der Waals surface area contributed by atoms with E-state index in [1.165, 1.54) is 0 Å². The largest absolute Gasteiger partial charge is 0.489 e. The molecule has 0 radical (unpaired) electrons. The fourth-order valence-corrected chi connectivity index (χ4v) is 1.33. The first-order valence-corrected chi connectivity index (χ1v) is 4.55. The summed E-state index contributed by atoms with van der Waals surface area (Å²) in [6.45, 7) is 4.08. The molecule has 13 heavy (non-hydrogen) atoms. The van der Waals surface area contributed by atoms with Gasteiger partial charge in [-0.1, -0.05) is 37.6 Å². The Morgan fingerprint density at radius 2 is 1.92 bits per heavy atom. The summed E-state index contributed by atoms with van der Waals surface area (Å²) in [5.41, 5.74) is 1.42. The third-order valence-electron chi connectivity index (χ3n) is 1.96. The molecular formula is C9H12BClO2. The average Bonchev–Trinajstić information content (AvgIpc) is 2.04. The Kier molecular flexibility index (Phi) is 3.36. The van der Waals surface area contributed by atoms with Crippen LogP contribution < -0.4 is 5.46 Å². The molecule has 0 aliphatic carbocycles. The SMILES string of the molecule is CC(C)c1ccc(Cl)c(B(O)O)c1. The van der Waals surface area contributed by atoms with Crippen LogP contribution >= 0.6 is 11.6 Å². The van der Waals surface area contributed by atoms with Gasteiger partial charge in [0.1, 0.15) is 0 Å². The minimum Gasteiger partial charge on any atom is -0.423 e. The molecule has 0 spiro atoms. The first-order chi connectivity index (χ1) is 6.02. The maximum absolute atomic E-state index is 8.98. The third-order valence-corrected chi connectivity index (χ3v) is 2.31. The molecule has 2 nitrogen and oxygen atoms in total. The van der Waals surface area contributed by atoms with Gasteiger partial charge in [0.15, 0.2) is 0 Å². The van der Waals surface area contributed by atoms with Crippen molar-refractivity contribution in [1.29, 1.82) is 0 Å². The summed E-state index contributed by atoms with van der Waals surface area (Å²) < 4.78 is 0. The van der Waals surface area contributed by atoms with Gasteiger partial charge < -0.3 is 10.0 Å². The van der Waals surface area contributed by atoms with Crippen LogP contribution in [0.1, 0.15) is 25.3 Å². The lowest BCUT2D eigenvalue weighted by Crippen LogP contribution is -2.31. The molecule has 0 aromatic heterocycles. The summed E-state index contributed by atoms with van der Waals surface area (Å²) in [5.74, 6) is 0.356. The van der Waals surface area contributed by atoms with Gasteiger partial charge in [-0.05, 0) is 17.5 Å². The lowest BCUT2D eigenvalue weighted by atomic mass is 9.78. The van der Waals surface area contributed by atoms with Crippen molar-refractivity contribution in [3.05, 3.63) is 28.8 Å². The first-order valence-electron chi connectivity index (χ1n) is 4.18. The van der Waals surface area contributed by atoms with E-state index in [9.17, 15) is 0 Å². The topological polar surface area (TPSA) is 40.5 Å². The van der Waals surface area contributed by atoms with Crippen molar-refractivity contribution in [3.8, 4) is 0 Å². The summed E-state index contributed by atoms with van der Waals surface area (Å²) in [4.78, 5) is 0. The zero-order valence-electron chi connectivity index (χ0n) is 7.66. The predicted octanol–water partition coefficient (Wildman–Crippen LogP) is 1.14. The highest BCUT2D eigenvalue weighted by Gasteiger charge is 2.16. The number of hydrogen-bond donors (Lipinski definition) is 2. The summed E-state index contributed by atoms with van der Waals surface area (Å²) in [7, 11) is -1.49. The Bertz CT molecular complexity index is 300. The quantitative estimate of drug-likeness (QED) is 0.700. The number of benzene rings is 1. The highest BCUT2D eigenvalue weighted by molar-refractivity contribution is 6.62. The van der Waals surface area contributed by atoms with E-state index in [2.05, 4.69) is 0 Å². The predicted molar refractivity (Wildman–Crippen MR) is 55.4 cm³/mol. The molecule has 0 fully saturated rings. The van der Waals surface area contributed by atoms with Crippen LogP contribution in [0.15, 0.2) is 18.2 Å². The van der Waals surface area contributed by atoms with E-state index in [0.717, 1.165) is 5.56 Å². The van der Waals surface area contributed by atoms with Crippen molar-refractivity contribution in [1.82, 2.24) is 0 Å². The molecule has 0 unspecified atom stereocenters. The lowest BCUT2D eigenvalue weighted by Gasteiger charge is -2.09. The Morgan fingerprint density at radius 1 is 1.31 bits per heavy atom. The molecule has 0 atom stereocenters. The molecule has 0 aliphatic heterocycles. The molecule has 1 aromatic carbocycles. The Balaban J connectivity index is 3.11. The smallest absolute Gasteiger partial charge is 0.423 e. The summed E-state index contributed by atoms with van der Waals surface area (Å²) in [5, 5.41) is 18.4. The Morgan fingerprint density at radius 3 is 2.38 bits per heavy atom. The maximum atomic E-state index is 8.98. The summed E-state index contributed by atoms with van der Waals surface area (Å²) in [6.07, 6.45) is 0. The molecule has 0 heterocycles.